The van der Waals surface area contributed by atoms with Crippen LogP contribution in [-0.4, -0.2) is 13.7 Å². The van der Waals surface area contributed by atoms with Crippen LogP contribution in [0.2, 0.25) is 0 Å². The van der Waals surface area contributed by atoms with E-state index in [0.717, 1.165) is 41.9 Å². The maximum absolute atomic E-state index is 5.36. The first kappa shape index (κ1) is 13.6. The molecular weight excluding hydrogens is 258 g/mol. The highest BCUT2D eigenvalue weighted by atomic mass is 16.5. The Morgan fingerprint density at radius 3 is 2.52 bits per heavy atom. The van der Waals surface area contributed by atoms with Gasteiger partial charge in [0.2, 0.25) is 0 Å². The van der Waals surface area contributed by atoms with Crippen LogP contribution in [-0.2, 0) is 0 Å². The van der Waals surface area contributed by atoms with Gasteiger partial charge < -0.3 is 10.1 Å². The zero-order valence-electron chi connectivity index (χ0n) is 13.4. The molecule has 4 rings (SSSR count). The SMILES string of the molecule is CCNC(c1ccc(OC)cc1C)C1C2C3CCC(C3)C21. The summed E-state index contributed by atoms with van der Waals surface area (Å²) in [6.45, 7) is 5.52. The molecule has 2 heteroatoms. The summed E-state index contributed by atoms with van der Waals surface area (Å²) < 4.78 is 5.36. The van der Waals surface area contributed by atoms with Crippen LogP contribution in [0, 0.1) is 36.5 Å². The van der Waals surface area contributed by atoms with Crippen molar-refractivity contribution in [2.75, 3.05) is 13.7 Å². The van der Waals surface area contributed by atoms with Gasteiger partial charge in [-0.05, 0) is 85.6 Å². The minimum absolute atomic E-state index is 0.555. The lowest BCUT2D eigenvalue weighted by Gasteiger charge is -2.24. The van der Waals surface area contributed by atoms with Gasteiger partial charge in [0.15, 0.2) is 0 Å². The van der Waals surface area contributed by atoms with E-state index in [-0.39, 0.29) is 0 Å². The van der Waals surface area contributed by atoms with Crippen LogP contribution in [0.1, 0.15) is 43.4 Å². The first-order valence-corrected chi connectivity index (χ1v) is 8.62. The van der Waals surface area contributed by atoms with Gasteiger partial charge in [-0.1, -0.05) is 13.0 Å². The summed E-state index contributed by atoms with van der Waals surface area (Å²) in [6, 6.07) is 7.16. The summed E-state index contributed by atoms with van der Waals surface area (Å²) in [5, 5.41) is 3.80. The van der Waals surface area contributed by atoms with Crippen LogP contribution in [0.15, 0.2) is 18.2 Å². The molecule has 3 saturated carbocycles. The molecule has 1 aromatic carbocycles. The Hall–Kier alpha value is -1.02. The lowest BCUT2D eigenvalue weighted by atomic mass is 9.90. The van der Waals surface area contributed by atoms with Crippen LogP contribution in [0.25, 0.3) is 0 Å². The van der Waals surface area contributed by atoms with Crippen LogP contribution in [0.3, 0.4) is 0 Å². The number of methoxy groups -OCH3 is 1. The molecule has 1 aromatic rings. The van der Waals surface area contributed by atoms with E-state index >= 15 is 0 Å². The average molecular weight is 285 g/mol. The Labute approximate surface area is 128 Å². The Morgan fingerprint density at radius 1 is 1.24 bits per heavy atom. The van der Waals surface area contributed by atoms with E-state index in [1.807, 2.05) is 0 Å². The van der Waals surface area contributed by atoms with Gasteiger partial charge in [0, 0.05) is 6.04 Å². The van der Waals surface area contributed by atoms with Crippen molar-refractivity contribution in [2.45, 2.75) is 39.2 Å². The number of aryl methyl sites for hydroxylation is 1. The van der Waals surface area contributed by atoms with Crippen LogP contribution in [0.5, 0.6) is 5.75 Å². The molecule has 5 atom stereocenters. The van der Waals surface area contributed by atoms with Gasteiger partial charge in [-0.3, -0.25) is 0 Å². The van der Waals surface area contributed by atoms with Crippen molar-refractivity contribution in [1.29, 1.82) is 0 Å². The second-order valence-corrected chi connectivity index (χ2v) is 7.32. The second kappa shape index (κ2) is 5.01. The molecule has 5 unspecified atom stereocenters. The molecule has 0 aromatic heterocycles. The first-order valence-electron chi connectivity index (χ1n) is 8.62. The summed E-state index contributed by atoms with van der Waals surface area (Å²) in [7, 11) is 1.75. The van der Waals surface area contributed by atoms with E-state index in [1.165, 1.54) is 30.4 Å². The zero-order valence-corrected chi connectivity index (χ0v) is 13.4. The lowest BCUT2D eigenvalue weighted by molar-refractivity contribution is 0.373. The Bertz CT molecular complexity index is 524. The highest BCUT2D eigenvalue weighted by Gasteiger charge is 2.66. The molecule has 0 aliphatic heterocycles. The van der Waals surface area contributed by atoms with Crippen molar-refractivity contribution in [3.8, 4) is 5.75 Å². The van der Waals surface area contributed by atoms with Gasteiger partial charge in [0.1, 0.15) is 5.75 Å². The first-order chi connectivity index (χ1) is 10.2. The fourth-order valence-corrected chi connectivity index (χ4v) is 5.64. The quantitative estimate of drug-likeness (QED) is 0.884. The number of hydrogen-bond acceptors (Lipinski definition) is 2. The predicted molar refractivity (Wildman–Crippen MR) is 85.4 cm³/mol. The molecule has 0 amide bonds. The minimum atomic E-state index is 0.555. The van der Waals surface area contributed by atoms with Gasteiger partial charge in [-0.25, -0.2) is 0 Å². The molecule has 0 heterocycles. The number of nitrogens with one attached hydrogen (secondary N) is 1. The van der Waals surface area contributed by atoms with Gasteiger partial charge in [0.25, 0.3) is 0 Å². The fraction of sp³-hybridized carbons (Fsp3) is 0.684. The van der Waals surface area contributed by atoms with Crippen molar-refractivity contribution in [1.82, 2.24) is 5.32 Å². The van der Waals surface area contributed by atoms with E-state index in [1.54, 1.807) is 7.11 Å². The van der Waals surface area contributed by atoms with E-state index in [9.17, 15) is 0 Å². The highest BCUT2D eigenvalue weighted by Crippen LogP contribution is 2.72. The van der Waals surface area contributed by atoms with E-state index < -0.39 is 0 Å². The van der Waals surface area contributed by atoms with Crippen molar-refractivity contribution in [3.63, 3.8) is 0 Å². The van der Waals surface area contributed by atoms with Crippen molar-refractivity contribution >= 4 is 0 Å². The van der Waals surface area contributed by atoms with E-state index in [0.29, 0.717) is 6.04 Å². The summed E-state index contributed by atoms with van der Waals surface area (Å²) in [5.74, 6) is 6.00. The van der Waals surface area contributed by atoms with Gasteiger partial charge >= 0.3 is 0 Å². The van der Waals surface area contributed by atoms with Crippen molar-refractivity contribution < 1.29 is 4.74 Å². The molecule has 2 bridgehead atoms. The third-order valence-electron chi connectivity index (χ3n) is 6.42. The highest BCUT2D eigenvalue weighted by molar-refractivity contribution is 5.38. The number of fused-ring (bicyclic) bond motifs is 5. The third-order valence-corrected chi connectivity index (χ3v) is 6.42. The summed E-state index contributed by atoms with van der Waals surface area (Å²) in [5.41, 5.74) is 2.87. The van der Waals surface area contributed by atoms with Crippen molar-refractivity contribution in [3.05, 3.63) is 29.3 Å². The molecule has 2 nitrogen and oxygen atoms in total. The number of hydrogen-bond donors (Lipinski definition) is 1. The average Bonchev–Trinajstić information content (AvgIpc) is 2.90. The summed E-state index contributed by atoms with van der Waals surface area (Å²) in [4.78, 5) is 0. The molecule has 1 N–H and O–H groups in total. The summed E-state index contributed by atoms with van der Waals surface area (Å²) >= 11 is 0. The smallest absolute Gasteiger partial charge is 0.119 e. The van der Waals surface area contributed by atoms with Crippen LogP contribution < -0.4 is 10.1 Å². The fourth-order valence-electron chi connectivity index (χ4n) is 5.64. The van der Waals surface area contributed by atoms with Gasteiger partial charge in [0.05, 0.1) is 7.11 Å². The molecular formula is C19H27NO. The topological polar surface area (TPSA) is 21.3 Å². The standard InChI is InChI=1S/C19H27NO/c1-4-20-19(15-8-7-14(21-3)9-11(15)2)18-16-12-5-6-13(10-12)17(16)18/h7-9,12-13,16-20H,4-6,10H2,1-3H3. The molecule has 3 fully saturated rings. The molecule has 3 aliphatic rings. The Morgan fingerprint density at radius 2 is 1.95 bits per heavy atom. The van der Waals surface area contributed by atoms with Gasteiger partial charge in [-0.2, -0.15) is 0 Å². The number of ether oxygens (including phenoxy) is 1. The lowest BCUT2D eigenvalue weighted by Crippen LogP contribution is -2.26. The van der Waals surface area contributed by atoms with E-state index in [4.69, 9.17) is 4.74 Å². The molecule has 0 spiro atoms. The number of rotatable bonds is 5. The largest absolute Gasteiger partial charge is 0.497 e. The third kappa shape index (κ3) is 2.03. The van der Waals surface area contributed by atoms with Crippen LogP contribution >= 0.6 is 0 Å². The minimum Gasteiger partial charge on any atom is -0.497 e. The normalized spacial score (nSPS) is 37.4. The molecule has 0 saturated heterocycles. The molecule has 3 aliphatic carbocycles. The van der Waals surface area contributed by atoms with Gasteiger partial charge in [-0.15, -0.1) is 0 Å². The van der Waals surface area contributed by atoms with Crippen LogP contribution in [0.4, 0.5) is 0 Å². The molecule has 21 heavy (non-hydrogen) atoms. The number of benzene rings is 1. The Kier molecular flexibility index (Phi) is 3.25. The summed E-state index contributed by atoms with van der Waals surface area (Å²) in [6.07, 6.45) is 4.54. The predicted octanol–water partition coefficient (Wildman–Crippen LogP) is 3.95. The van der Waals surface area contributed by atoms with E-state index in [2.05, 4.69) is 37.4 Å². The maximum atomic E-state index is 5.36. The second-order valence-electron chi connectivity index (χ2n) is 7.32. The zero-order chi connectivity index (χ0) is 14.6. The maximum Gasteiger partial charge on any atom is 0.119 e. The van der Waals surface area contributed by atoms with Crippen molar-refractivity contribution in [2.24, 2.45) is 29.6 Å². The molecule has 114 valence electrons. The monoisotopic (exact) mass is 285 g/mol. The Balaban J connectivity index is 1.61. The molecule has 0 radical (unpaired) electrons.